The molecule has 0 bridgehead atoms. The molecule has 3 aromatic carbocycles. The molecule has 0 spiro atoms. The van der Waals surface area contributed by atoms with Crippen molar-refractivity contribution >= 4 is 11.6 Å². The molecule has 9 heteroatoms. The van der Waals surface area contributed by atoms with Gasteiger partial charge in [0.2, 0.25) is 12.2 Å². The van der Waals surface area contributed by atoms with E-state index in [0.29, 0.717) is 34.1 Å². The van der Waals surface area contributed by atoms with Crippen molar-refractivity contribution in [1.29, 1.82) is 0 Å². The van der Waals surface area contributed by atoms with Crippen LogP contribution < -0.4 is 10.1 Å². The number of anilines is 1. The summed E-state index contributed by atoms with van der Waals surface area (Å²) in [4.78, 5) is 21.7. The van der Waals surface area contributed by atoms with Crippen LogP contribution in [0, 0.1) is 20.8 Å². The zero-order valence-electron chi connectivity index (χ0n) is 20.8. The Labute approximate surface area is 213 Å². The zero-order valence-corrected chi connectivity index (χ0v) is 20.8. The number of hydrogen-bond acceptors (Lipinski definition) is 7. The van der Waals surface area contributed by atoms with Gasteiger partial charge in [0.05, 0.1) is 12.8 Å². The van der Waals surface area contributed by atoms with Crippen molar-refractivity contribution in [3.63, 3.8) is 0 Å². The molecule has 9 nitrogen and oxygen atoms in total. The fourth-order valence-corrected chi connectivity index (χ4v) is 4.47. The molecule has 0 aliphatic rings. The maximum absolute atomic E-state index is 13.2. The number of carbonyl (C=O) groups is 1. The van der Waals surface area contributed by atoms with E-state index in [2.05, 4.69) is 20.4 Å². The largest absolute Gasteiger partial charge is 0.496 e. The number of nitrogens with zero attached hydrogens (tertiary/aromatic N) is 4. The van der Waals surface area contributed by atoms with Gasteiger partial charge in [-0.1, -0.05) is 35.5 Å². The van der Waals surface area contributed by atoms with Crippen LogP contribution in [0.2, 0.25) is 0 Å². The first-order valence-electron chi connectivity index (χ1n) is 11.6. The molecule has 186 valence electrons. The molecule has 0 atom stereocenters. The summed E-state index contributed by atoms with van der Waals surface area (Å²) in [5, 5.41) is 17.7. The molecule has 0 saturated carbocycles. The lowest BCUT2D eigenvalue weighted by atomic mass is 9.93. The molecule has 5 rings (SSSR count). The van der Waals surface area contributed by atoms with Gasteiger partial charge in [-0.15, -0.1) is 0 Å². The summed E-state index contributed by atoms with van der Waals surface area (Å²) in [6.45, 7) is 5.76. The number of nitrogens with one attached hydrogen (secondary N) is 1. The third-order valence-electron chi connectivity index (χ3n) is 6.19. The summed E-state index contributed by atoms with van der Waals surface area (Å²) in [5.41, 5.74) is 6.37. The number of aryl methyl sites for hydroxylation is 3. The second-order valence-electron chi connectivity index (χ2n) is 8.65. The summed E-state index contributed by atoms with van der Waals surface area (Å²) >= 11 is 0. The first-order chi connectivity index (χ1) is 17.9. The minimum atomic E-state index is -0.507. The lowest BCUT2D eigenvalue weighted by Gasteiger charge is -2.15. The summed E-state index contributed by atoms with van der Waals surface area (Å²) in [5.74, 6) is 0.847. The molecule has 2 aromatic heterocycles. The zero-order chi connectivity index (χ0) is 26.1. The molecule has 37 heavy (non-hydrogen) atoms. The van der Waals surface area contributed by atoms with E-state index in [1.165, 1.54) is 6.39 Å². The Bertz CT molecular complexity index is 1590. The van der Waals surface area contributed by atoms with Crippen LogP contribution >= 0.6 is 0 Å². The van der Waals surface area contributed by atoms with Crippen LogP contribution in [0.5, 0.6) is 5.75 Å². The van der Waals surface area contributed by atoms with Gasteiger partial charge in [0, 0.05) is 22.4 Å². The van der Waals surface area contributed by atoms with E-state index < -0.39 is 5.91 Å². The molecular weight excluding hydrogens is 470 g/mol. The number of ether oxygens (including phenoxy) is 1. The van der Waals surface area contributed by atoms with Gasteiger partial charge in [-0.3, -0.25) is 4.79 Å². The normalized spacial score (nSPS) is 10.9. The third kappa shape index (κ3) is 4.42. The second-order valence-corrected chi connectivity index (χ2v) is 8.65. The van der Waals surface area contributed by atoms with Crippen molar-refractivity contribution in [2.75, 3.05) is 12.4 Å². The predicted molar refractivity (Wildman–Crippen MR) is 139 cm³/mol. The van der Waals surface area contributed by atoms with Crippen molar-refractivity contribution in [2.24, 2.45) is 0 Å². The van der Waals surface area contributed by atoms with Crippen molar-refractivity contribution < 1.29 is 19.3 Å². The molecule has 2 N–H and O–H groups in total. The van der Waals surface area contributed by atoms with Crippen LogP contribution in [-0.2, 0) is 0 Å². The highest BCUT2D eigenvalue weighted by Gasteiger charge is 2.23. The van der Waals surface area contributed by atoms with Crippen molar-refractivity contribution in [3.05, 3.63) is 89.6 Å². The van der Waals surface area contributed by atoms with Crippen LogP contribution in [-0.4, -0.2) is 38.1 Å². The van der Waals surface area contributed by atoms with Crippen molar-refractivity contribution in [3.8, 4) is 39.7 Å². The van der Waals surface area contributed by atoms with Crippen LogP contribution in [0.1, 0.15) is 27.3 Å². The number of imidazole rings is 1. The number of methoxy groups -OCH3 is 1. The summed E-state index contributed by atoms with van der Waals surface area (Å²) in [6.07, 6.45) is 1.24. The smallest absolute Gasteiger partial charge is 0.277 e. The number of rotatable bonds is 6. The molecule has 0 fully saturated rings. The minimum Gasteiger partial charge on any atom is -0.496 e. The quantitative estimate of drug-likeness (QED) is 0.291. The van der Waals surface area contributed by atoms with E-state index in [1.54, 1.807) is 44.4 Å². The fourth-order valence-electron chi connectivity index (χ4n) is 4.47. The molecule has 0 aliphatic heterocycles. The van der Waals surface area contributed by atoms with E-state index >= 15 is 0 Å². The van der Waals surface area contributed by atoms with Gasteiger partial charge < -0.3 is 19.8 Å². The molecular formula is C28H25N5O4. The van der Waals surface area contributed by atoms with Crippen LogP contribution in [0.3, 0.4) is 0 Å². The van der Waals surface area contributed by atoms with Gasteiger partial charge in [-0.2, -0.15) is 9.71 Å². The van der Waals surface area contributed by atoms with E-state index in [0.717, 1.165) is 27.0 Å². The van der Waals surface area contributed by atoms with E-state index in [9.17, 15) is 10.0 Å². The van der Waals surface area contributed by atoms with Crippen LogP contribution in [0.15, 0.2) is 71.6 Å². The predicted octanol–water partition coefficient (Wildman–Crippen LogP) is 5.69. The SMILES string of the molecule is COc1ccc(-c2nc(C)c(C(=O)Nc3cccc(-c4ncon4)c3)n2O)cc1-c1c(C)cccc1C. The van der Waals surface area contributed by atoms with Crippen molar-refractivity contribution in [2.45, 2.75) is 20.8 Å². The number of carbonyl (C=O) groups excluding carboxylic acids is 1. The molecule has 0 unspecified atom stereocenters. The molecule has 5 aromatic rings. The maximum atomic E-state index is 13.2. The monoisotopic (exact) mass is 495 g/mol. The standard InChI is InChI=1S/C28H25N5O4/c1-16-7-5-8-17(2)24(16)22-14-20(11-12-23(22)36-4)27-30-18(3)25(33(27)35)28(34)31-21-10-6-9-19(13-21)26-29-15-37-32-26/h5-15,35H,1-4H3,(H,31,34). The Morgan fingerprint density at radius 3 is 2.46 bits per heavy atom. The van der Waals surface area contributed by atoms with Crippen molar-refractivity contribution in [1.82, 2.24) is 19.9 Å². The van der Waals surface area contributed by atoms with E-state index in [-0.39, 0.29) is 11.5 Å². The highest BCUT2D eigenvalue weighted by atomic mass is 16.5. The van der Waals surface area contributed by atoms with Gasteiger partial charge in [0.25, 0.3) is 5.91 Å². The third-order valence-corrected chi connectivity index (χ3v) is 6.19. The van der Waals surface area contributed by atoms with Crippen LogP contribution in [0.4, 0.5) is 5.69 Å². The van der Waals surface area contributed by atoms with E-state index in [1.807, 2.05) is 44.2 Å². The highest BCUT2D eigenvalue weighted by Crippen LogP contribution is 2.37. The van der Waals surface area contributed by atoms with Gasteiger partial charge >= 0.3 is 0 Å². The van der Waals surface area contributed by atoms with Gasteiger partial charge in [-0.25, -0.2) is 4.98 Å². The Morgan fingerprint density at radius 2 is 1.76 bits per heavy atom. The number of hydrogen-bond donors (Lipinski definition) is 2. The summed E-state index contributed by atoms with van der Waals surface area (Å²) in [6, 6.07) is 18.7. The maximum Gasteiger partial charge on any atom is 0.277 e. The first kappa shape index (κ1) is 23.8. The lowest BCUT2D eigenvalue weighted by molar-refractivity contribution is 0.0974. The molecule has 0 radical (unpaired) electrons. The van der Waals surface area contributed by atoms with Gasteiger partial charge in [0.1, 0.15) is 5.75 Å². The van der Waals surface area contributed by atoms with Gasteiger partial charge in [-0.05, 0) is 67.8 Å². The molecule has 0 aliphatic carbocycles. The lowest BCUT2D eigenvalue weighted by Crippen LogP contribution is -2.17. The van der Waals surface area contributed by atoms with Crippen LogP contribution in [0.25, 0.3) is 33.9 Å². The summed E-state index contributed by atoms with van der Waals surface area (Å²) < 4.78 is 11.3. The minimum absolute atomic E-state index is 0.0319. The topological polar surface area (TPSA) is 115 Å². The number of amides is 1. The summed E-state index contributed by atoms with van der Waals surface area (Å²) in [7, 11) is 1.62. The fraction of sp³-hybridized carbons (Fsp3) is 0.143. The highest BCUT2D eigenvalue weighted by molar-refractivity contribution is 6.04. The average molecular weight is 496 g/mol. The molecule has 0 saturated heterocycles. The van der Waals surface area contributed by atoms with E-state index in [4.69, 9.17) is 9.26 Å². The number of benzene rings is 3. The Kier molecular flexibility index (Phi) is 6.19. The van der Waals surface area contributed by atoms with Gasteiger partial charge in [0.15, 0.2) is 11.5 Å². The first-order valence-corrected chi connectivity index (χ1v) is 11.6. The molecule has 2 heterocycles. The Morgan fingerprint density at radius 1 is 1.00 bits per heavy atom. The number of aromatic nitrogens is 4. The second kappa shape index (κ2) is 9.62. The molecule has 1 amide bonds. The Hall–Kier alpha value is -4.92. The Balaban J connectivity index is 1.50. The average Bonchev–Trinajstić information content (AvgIpc) is 3.52.